The second kappa shape index (κ2) is 13.6. The van der Waals surface area contributed by atoms with Crippen LogP contribution >= 0.6 is 0 Å². The van der Waals surface area contributed by atoms with Crippen LogP contribution in [-0.4, -0.2) is 27.6 Å². The molecule has 7 heteroatoms. The molecule has 5 aromatic carbocycles. The Labute approximate surface area is 306 Å². The third kappa shape index (κ3) is 6.20. The zero-order valence-corrected chi connectivity index (χ0v) is 31.6. The first-order valence-electron chi connectivity index (χ1n) is 16.4. The molecule has 0 aliphatic heterocycles. The third-order valence-corrected chi connectivity index (χ3v) is 10.9. The molecule has 0 amide bonds. The third-order valence-electron chi connectivity index (χ3n) is 8.85. The van der Waals surface area contributed by atoms with Crippen molar-refractivity contribution < 1.29 is 24.5 Å². The standard InChI is InChI=1S/C29H18N3O.C14H16NSi.Ir/c1-18-16-26-25(17-30-18)31-29(32(26)20-9-3-2-4-10-20)24-13-7-12-22-23-15-14-19-8-5-6-11-21(19)27(23)33-28(22)24;1-16(2,3)13-9-10-14(15-11-13)12-7-5-4-6-8-12;/h2-12,14-17H,1H3;4-7,9-11H,1-3H3;/q2*-1;. The SMILES string of the molecule is C[Si](C)(C)c1ccc(-c2[c-]cccc2)nc1.Cc1cc2c(cn1)nc(-c1[c-]ccc3c1oc1c4ccccc4ccc31)n2-c1ccccc1.[Ir]. The molecular formula is C43H34IrN4OSi-2. The van der Waals surface area contributed by atoms with Crippen molar-refractivity contribution in [1.82, 2.24) is 19.5 Å². The summed E-state index contributed by atoms with van der Waals surface area (Å²) in [7, 11) is -1.23. The first kappa shape index (κ1) is 33.3. The van der Waals surface area contributed by atoms with Gasteiger partial charge in [-0.25, -0.2) is 0 Å². The fraction of sp³-hybridized carbons (Fsp3) is 0.0930. The van der Waals surface area contributed by atoms with Crippen molar-refractivity contribution in [3.8, 4) is 28.3 Å². The predicted molar refractivity (Wildman–Crippen MR) is 204 cm³/mol. The minimum absolute atomic E-state index is 0. The normalized spacial score (nSPS) is 11.4. The minimum atomic E-state index is -1.23. The largest absolute Gasteiger partial charge is 0.500 e. The maximum atomic E-state index is 6.56. The van der Waals surface area contributed by atoms with Crippen LogP contribution in [0.1, 0.15) is 5.69 Å². The zero-order valence-electron chi connectivity index (χ0n) is 28.2. The van der Waals surface area contributed by atoms with Crippen molar-refractivity contribution in [2.45, 2.75) is 26.6 Å². The average Bonchev–Trinajstić information content (AvgIpc) is 3.71. The number of hydrogen-bond donors (Lipinski definition) is 0. The average molecular weight is 843 g/mol. The number of aromatic nitrogens is 4. The molecule has 0 aliphatic carbocycles. The number of furan rings is 1. The second-order valence-corrected chi connectivity index (χ2v) is 18.3. The Bertz CT molecular complexity index is 2590. The van der Waals surface area contributed by atoms with Crippen LogP contribution < -0.4 is 5.19 Å². The van der Waals surface area contributed by atoms with Crippen molar-refractivity contribution in [2.24, 2.45) is 0 Å². The van der Waals surface area contributed by atoms with Gasteiger partial charge in [-0.15, -0.1) is 54.1 Å². The molecule has 0 spiro atoms. The van der Waals surface area contributed by atoms with Gasteiger partial charge in [0.25, 0.3) is 0 Å². The number of rotatable bonds is 4. The number of pyridine rings is 2. The number of imidazole rings is 1. The summed E-state index contributed by atoms with van der Waals surface area (Å²) in [6.45, 7) is 8.99. The number of hydrogen-bond acceptors (Lipinski definition) is 4. The molecule has 0 unspecified atom stereocenters. The second-order valence-electron chi connectivity index (χ2n) is 13.2. The monoisotopic (exact) mass is 843 g/mol. The van der Waals surface area contributed by atoms with Gasteiger partial charge in [0.15, 0.2) is 0 Å². The van der Waals surface area contributed by atoms with Gasteiger partial charge in [-0.05, 0) is 41.4 Å². The molecule has 0 fully saturated rings. The van der Waals surface area contributed by atoms with E-state index in [4.69, 9.17) is 9.40 Å². The smallest absolute Gasteiger partial charge is 0.128 e. The molecular weight excluding hydrogens is 809 g/mol. The zero-order chi connectivity index (χ0) is 33.5. The quantitative estimate of drug-likeness (QED) is 0.131. The molecule has 0 saturated carbocycles. The molecule has 4 aromatic heterocycles. The van der Waals surface area contributed by atoms with E-state index >= 15 is 0 Å². The van der Waals surface area contributed by atoms with E-state index in [2.05, 4.69) is 107 Å². The molecule has 0 bridgehead atoms. The minimum Gasteiger partial charge on any atom is -0.500 e. The van der Waals surface area contributed by atoms with Crippen LogP contribution in [0.2, 0.25) is 19.6 Å². The Balaban J connectivity index is 0.000000196. The van der Waals surface area contributed by atoms with Crippen molar-refractivity contribution in [3.05, 3.63) is 152 Å². The van der Waals surface area contributed by atoms with Crippen molar-refractivity contribution in [2.75, 3.05) is 0 Å². The molecule has 1 radical (unpaired) electrons. The van der Waals surface area contributed by atoms with Crippen LogP contribution in [0, 0.1) is 19.1 Å². The van der Waals surface area contributed by atoms with Gasteiger partial charge in [-0.2, -0.15) is 0 Å². The summed E-state index contributed by atoms with van der Waals surface area (Å²) in [6, 6.07) is 47.8. The van der Waals surface area contributed by atoms with E-state index in [0.717, 1.165) is 77.8 Å². The maximum Gasteiger partial charge on any atom is 0.128 e. The van der Waals surface area contributed by atoms with E-state index in [9.17, 15) is 0 Å². The van der Waals surface area contributed by atoms with Gasteiger partial charge in [-0.3, -0.25) is 9.97 Å². The summed E-state index contributed by atoms with van der Waals surface area (Å²) in [5.41, 5.74) is 8.42. The predicted octanol–water partition coefficient (Wildman–Crippen LogP) is 10.3. The molecule has 247 valence electrons. The first-order valence-corrected chi connectivity index (χ1v) is 19.9. The van der Waals surface area contributed by atoms with Gasteiger partial charge in [0.05, 0.1) is 36.7 Å². The summed E-state index contributed by atoms with van der Waals surface area (Å²) in [5, 5.41) is 5.82. The van der Waals surface area contributed by atoms with Gasteiger partial charge in [0.1, 0.15) is 5.58 Å². The van der Waals surface area contributed by atoms with Crippen molar-refractivity contribution >= 4 is 57.0 Å². The number of benzene rings is 5. The molecule has 4 heterocycles. The Morgan fingerprint density at radius 2 is 1.46 bits per heavy atom. The fourth-order valence-corrected chi connectivity index (χ4v) is 7.31. The van der Waals surface area contributed by atoms with E-state index in [0.29, 0.717) is 0 Å². The molecule has 9 aromatic rings. The van der Waals surface area contributed by atoms with E-state index in [1.165, 1.54) is 5.19 Å². The number of nitrogens with zero attached hydrogens (tertiary/aromatic N) is 4. The number of fused-ring (bicyclic) bond motifs is 6. The van der Waals surface area contributed by atoms with Gasteiger partial charge >= 0.3 is 0 Å². The van der Waals surface area contributed by atoms with Gasteiger partial charge < -0.3 is 14.0 Å². The number of para-hydroxylation sites is 1. The molecule has 50 heavy (non-hydrogen) atoms. The Kier molecular flexibility index (Phi) is 9.06. The molecule has 0 N–H and O–H groups in total. The van der Waals surface area contributed by atoms with Crippen LogP contribution in [0.25, 0.3) is 72.1 Å². The van der Waals surface area contributed by atoms with Crippen LogP contribution in [0.5, 0.6) is 0 Å². The first-order chi connectivity index (χ1) is 23.8. The van der Waals surface area contributed by atoms with Crippen molar-refractivity contribution in [1.29, 1.82) is 0 Å². The Hall–Kier alpha value is -5.20. The maximum absolute atomic E-state index is 6.56. The summed E-state index contributed by atoms with van der Waals surface area (Å²) >= 11 is 0. The molecule has 0 atom stereocenters. The Morgan fingerprint density at radius 3 is 2.22 bits per heavy atom. The van der Waals surface area contributed by atoms with Crippen LogP contribution in [-0.2, 0) is 20.1 Å². The molecule has 9 rings (SSSR count). The van der Waals surface area contributed by atoms with Crippen LogP contribution in [0.3, 0.4) is 0 Å². The van der Waals surface area contributed by atoms with E-state index in [1.54, 1.807) is 0 Å². The van der Waals surface area contributed by atoms with Gasteiger partial charge in [0.2, 0.25) is 0 Å². The summed E-state index contributed by atoms with van der Waals surface area (Å²) < 4.78 is 8.73. The molecule has 5 nitrogen and oxygen atoms in total. The molecule has 0 saturated heterocycles. The van der Waals surface area contributed by atoms with Crippen molar-refractivity contribution in [3.63, 3.8) is 0 Å². The van der Waals surface area contributed by atoms with E-state index < -0.39 is 8.07 Å². The number of aryl methyl sites for hydroxylation is 1. The summed E-state index contributed by atoms with van der Waals surface area (Å²) in [6.07, 6.45) is 3.85. The summed E-state index contributed by atoms with van der Waals surface area (Å²) in [5.74, 6) is 0.789. The Morgan fingerprint density at radius 1 is 0.680 bits per heavy atom. The summed E-state index contributed by atoms with van der Waals surface area (Å²) in [4.78, 5) is 14.0. The van der Waals surface area contributed by atoms with Crippen LogP contribution in [0.15, 0.2) is 138 Å². The van der Waals surface area contributed by atoms with Gasteiger partial charge in [-0.1, -0.05) is 97.3 Å². The fourth-order valence-electron chi connectivity index (χ4n) is 6.27. The molecule has 0 aliphatic rings. The van der Waals surface area contributed by atoms with Gasteiger partial charge in [0, 0.05) is 48.5 Å². The van der Waals surface area contributed by atoms with E-state index in [1.807, 2.05) is 80.0 Å². The van der Waals surface area contributed by atoms with Crippen LogP contribution in [0.4, 0.5) is 0 Å². The topological polar surface area (TPSA) is 56.7 Å². The van der Waals surface area contributed by atoms with E-state index in [-0.39, 0.29) is 20.1 Å².